The molecular formula is C18H29NO. The van der Waals surface area contributed by atoms with Crippen molar-refractivity contribution in [1.29, 1.82) is 0 Å². The summed E-state index contributed by atoms with van der Waals surface area (Å²) in [5.41, 5.74) is 2.85. The molecule has 1 N–H and O–H groups in total. The standard InChI is InChI=1S/C18H29NO/c1-14(2)11-15-7-6-8-16(12-15)18(19-3)13-17-9-4-5-10-20-17/h6-8,12,14,17-19H,4-5,9-11,13H2,1-3H3. The molecule has 0 aliphatic carbocycles. The molecule has 1 aliphatic rings. The van der Waals surface area contributed by atoms with Crippen LogP contribution in [0.3, 0.4) is 0 Å². The van der Waals surface area contributed by atoms with E-state index in [1.807, 2.05) is 0 Å². The minimum atomic E-state index is 0.408. The lowest BCUT2D eigenvalue weighted by Crippen LogP contribution is -2.27. The number of ether oxygens (including phenoxy) is 1. The molecular weight excluding hydrogens is 246 g/mol. The van der Waals surface area contributed by atoms with E-state index in [4.69, 9.17) is 4.74 Å². The molecule has 20 heavy (non-hydrogen) atoms. The van der Waals surface area contributed by atoms with Crippen LogP contribution in [0.4, 0.5) is 0 Å². The predicted octanol–water partition coefficient (Wildman–Crippen LogP) is 4.10. The molecule has 0 aromatic heterocycles. The highest BCUT2D eigenvalue weighted by Gasteiger charge is 2.19. The van der Waals surface area contributed by atoms with E-state index in [0.29, 0.717) is 18.1 Å². The number of benzene rings is 1. The highest BCUT2D eigenvalue weighted by molar-refractivity contribution is 5.26. The first-order valence-electron chi connectivity index (χ1n) is 8.06. The van der Waals surface area contributed by atoms with Crippen molar-refractivity contribution in [2.45, 2.75) is 58.1 Å². The molecule has 2 rings (SSSR count). The Labute approximate surface area is 123 Å². The Kier molecular flexibility index (Phi) is 6.06. The zero-order valence-corrected chi connectivity index (χ0v) is 13.2. The third-order valence-corrected chi connectivity index (χ3v) is 4.12. The van der Waals surface area contributed by atoms with Crippen molar-refractivity contribution in [2.75, 3.05) is 13.7 Å². The van der Waals surface area contributed by atoms with Gasteiger partial charge in [-0.15, -0.1) is 0 Å². The molecule has 1 fully saturated rings. The molecule has 1 heterocycles. The number of rotatable bonds is 6. The van der Waals surface area contributed by atoms with Gasteiger partial charge in [-0.1, -0.05) is 38.1 Å². The van der Waals surface area contributed by atoms with E-state index >= 15 is 0 Å². The van der Waals surface area contributed by atoms with Gasteiger partial charge in [0.15, 0.2) is 0 Å². The zero-order chi connectivity index (χ0) is 14.4. The molecule has 112 valence electrons. The van der Waals surface area contributed by atoms with Crippen molar-refractivity contribution < 1.29 is 4.74 Å². The minimum Gasteiger partial charge on any atom is -0.378 e. The summed E-state index contributed by atoms with van der Waals surface area (Å²) in [6.45, 7) is 5.49. The second kappa shape index (κ2) is 7.80. The average molecular weight is 275 g/mol. The summed E-state index contributed by atoms with van der Waals surface area (Å²) in [6.07, 6.45) is 6.42. The topological polar surface area (TPSA) is 21.3 Å². The summed E-state index contributed by atoms with van der Waals surface area (Å²) in [6, 6.07) is 9.45. The van der Waals surface area contributed by atoms with E-state index in [9.17, 15) is 0 Å². The summed E-state index contributed by atoms with van der Waals surface area (Å²) in [5.74, 6) is 0.708. The number of hydrogen-bond acceptors (Lipinski definition) is 2. The molecule has 2 unspecified atom stereocenters. The quantitative estimate of drug-likeness (QED) is 0.843. The van der Waals surface area contributed by atoms with Gasteiger partial charge in [0.25, 0.3) is 0 Å². The van der Waals surface area contributed by atoms with Gasteiger partial charge in [0.1, 0.15) is 0 Å². The third kappa shape index (κ3) is 4.60. The lowest BCUT2D eigenvalue weighted by molar-refractivity contribution is 0.00547. The van der Waals surface area contributed by atoms with E-state index in [0.717, 1.165) is 19.4 Å². The molecule has 0 bridgehead atoms. The normalized spacial score (nSPS) is 21.1. The van der Waals surface area contributed by atoms with Crippen molar-refractivity contribution in [3.8, 4) is 0 Å². The van der Waals surface area contributed by atoms with Crippen LogP contribution >= 0.6 is 0 Å². The van der Waals surface area contributed by atoms with E-state index in [-0.39, 0.29) is 0 Å². The second-order valence-electron chi connectivity index (χ2n) is 6.41. The smallest absolute Gasteiger partial charge is 0.0593 e. The SMILES string of the molecule is CNC(CC1CCCCO1)c1cccc(CC(C)C)c1. The fourth-order valence-corrected chi connectivity index (χ4v) is 3.09. The van der Waals surface area contributed by atoms with Crippen molar-refractivity contribution in [2.24, 2.45) is 5.92 Å². The maximum absolute atomic E-state index is 5.89. The maximum atomic E-state index is 5.89. The zero-order valence-electron chi connectivity index (χ0n) is 13.2. The van der Waals surface area contributed by atoms with E-state index in [2.05, 4.69) is 50.5 Å². The Balaban J connectivity index is 2.02. The molecule has 0 saturated carbocycles. The maximum Gasteiger partial charge on any atom is 0.0593 e. The molecule has 1 saturated heterocycles. The molecule has 1 aromatic carbocycles. The molecule has 0 radical (unpaired) electrons. The summed E-state index contributed by atoms with van der Waals surface area (Å²) in [7, 11) is 2.06. The molecule has 1 aromatic rings. The molecule has 0 amide bonds. The molecule has 2 nitrogen and oxygen atoms in total. The number of hydrogen-bond donors (Lipinski definition) is 1. The molecule has 2 atom stereocenters. The average Bonchev–Trinajstić information content (AvgIpc) is 2.45. The Bertz CT molecular complexity index is 396. The van der Waals surface area contributed by atoms with Crippen molar-refractivity contribution in [1.82, 2.24) is 5.32 Å². The van der Waals surface area contributed by atoms with Gasteiger partial charge in [-0.05, 0) is 56.2 Å². The molecule has 1 aliphatic heterocycles. The van der Waals surface area contributed by atoms with Gasteiger partial charge in [0, 0.05) is 12.6 Å². The number of nitrogens with one attached hydrogen (secondary N) is 1. The first kappa shape index (κ1) is 15.5. The second-order valence-corrected chi connectivity index (χ2v) is 6.41. The summed E-state index contributed by atoms with van der Waals surface area (Å²) < 4.78 is 5.89. The highest BCUT2D eigenvalue weighted by Crippen LogP contribution is 2.25. The highest BCUT2D eigenvalue weighted by atomic mass is 16.5. The largest absolute Gasteiger partial charge is 0.378 e. The van der Waals surface area contributed by atoms with Gasteiger partial charge >= 0.3 is 0 Å². The van der Waals surface area contributed by atoms with Crippen LogP contribution < -0.4 is 5.32 Å². The van der Waals surface area contributed by atoms with E-state index in [1.165, 1.54) is 30.4 Å². The predicted molar refractivity (Wildman–Crippen MR) is 85.0 cm³/mol. The van der Waals surface area contributed by atoms with Crippen LogP contribution in [-0.2, 0) is 11.2 Å². The first-order valence-corrected chi connectivity index (χ1v) is 8.06. The van der Waals surface area contributed by atoms with Crippen molar-refractivity contribution in [3.05, 3.63) is 35.4 Å². The van der Waals surface area contributed by atoms with Crippen LogP contribution in [0.15, 0.2) is 24.3 Å². The lowest BCUT2D eigenvalue weighted by Gasteiger charge is -2.27. The molecule has 0 spiro atoms. The van der Waals surface area contributed by atoms with Crippen LogP contribution in [0.5, 0.6) is 0 Å². The minimum absolute atomic E-state index is 0.408. The van der Waals surface area contributed by atoms with Crippen LogP contribution in [0.1, 0.15) is 56.7 Å². The van der Waals surface area contributed by atoms with Crippen molar-refractivity contribution in [3.63, 3.8) is 0 Å². The van der Waals surface area contributed by atoms with Crippen LogP contribution in [-0.4, -0.2) is 19.8 Å². The van der Waals surface area contributed by atoms with E-state index < -0.39 is 0 Å². The van der Waals surface area contributed by atoms with Gasteiger partial charge in [-0.25, -0.2) is 0 Å². The van der Waals surface area contributed by atoms with Gasteiger partial charge < -0.3 is 10.1 Å². The Hall–Kier alpha value is -0.860. The van der Waals surface area contributed by atoms with Gasteiger partial charge in [0.05, 0.1) is 6.10 Å². The van der Waals surface area contributed by atoms with Gasteiger partial charge in [0.2, 0.25) is 0 Å². The van der Waals surface area contributed by atoms with Crippen LogP contribution in [0.2, 0.25) is 0 Å². The van der Waals surface area contributed by atoms with Gasteiger partial charge in [-0.3, -0.25) is 0 Å². The third-order valence-electron chi connectivity index (χ3n) is 4.12. The van der Waals surface area contributed by atoms with Crippen LogP contribution in [0, 0.1) is 5.92 Å². The van der Waals surface area contributed by atoms with E-state index in [1.54, 1.807) is 0 Å². The lowest BCUT2D eigenvalue weighted by atomic mass is 9.94. The Morgan fingerprint density at radius 1 is 1.30 bits per heavy atom. The summed E-state index contributed by atoms with van der Waals surface area (Å²) in [5, 5.41) is 3.47. The summed E-state index contributed by atoms with van der Waals surface area (Å²) >= 11 is 0. The first-order chi connectivity index (χ1) is 9.69. The molecule has 2 heteroatoms. The van der Waals surface area contributed by atoms with Gasteiger partial charge in [-0.2, -0.15) is 0 Å². The van der Waals surface area contributed by atoms with Crippen LogP contribution in [0.25, 0.3) is 0 Å². The Morgan fingerprint density at radius 2 is 2.15 bits per heavy atom. The summed E-state index contributed by atoms with van der Waals surface area (Å²) in [4.78, 5) is 0. The monoisotopic (exact) mass is 275 g/mol. The van der Waals surface area contributed by atoms with Crippen molar-refractivity contribution >= 4 is 0 Å². The Morgan fingerprint density at radius 3 is 2.80 bits per heavy atom. The fraction of sp³-hybridized carbons (Fsp3) is 0.667. The fourth-order valence-electron chi connectivity index (χ4n) is 3.09.